The van der Waals surface area contributed by atoms with E-state index in [0.717, 1.165) is 10.9 Å². The molecule has 0 aliphatic carbocycles. The van der Waals surface area contributed by atoms with Crippen LogP contribution >= 0.6 is 0 Å². The van der Waals surface area contributed by atoms with Crippen LogP contribution in [0.25, 0.3) is 10.9 Å². The van der Waals surface area contributed by atoms with Gasteiger partial charge < -0.3 is 10.2 Å². The van der Waals surface area contributed by atoms with Gasteiger partial charge in [0.2, 0.25) is 5.82 Å². The lowest BCUT2D eigenvalue weighted by Gasteiger charge is -2.32. The highest BCUT2D eigenvalue weighted by Gasteiger charge is 2.26. The third-order valence-electron chi connectivity index (χ3n) is 4.89. The summed E-state index contributed by atoms with van der Waals surface area (Å²) in [7, 11) is 0. The van der Waals surface area contributed by atoms with Gasteiger partial charge in [0.15, 0.2) is 0 Å². The Balaban J connectivity index is 1.42. The molecule has 1 aliphatic heterocycles. The summed E-state index contributed by atoms with van der Waals surface area (Å²) in [6.45, 7) is 1.17. The minimum absolute atomic E-state index is 0.0326. The molecule has 0 saturated carbocycles. The Bertz CT molecular complexity index is 992. The lowest BCUT2D eigenvalue weighted by Crippen LogP contribution is -2.44. The van der Waals surface area contributed by atoms with Crippen molar-refractivity contribution in [2.45, 2.75) is 18.9 Å². The summed E-state index contributed by atoms with van der Waals surface area (Å²) in [5, 5.41) is 15.3. The molecule has 2 aromatic heterocycles. The molecule has 8 heteroatoms. The van der Waals surface area contributed by atoms with Gasteiger partial charge in [0.05, 0.1) is 10.4 Å². The molecule has 1 saturated heterocycles. The Morgan fingerprint density at radius 2 is 1.93 bits per heavy atom. The van der Waals surface area contributed by atoms with Crippen molar-refractivity contribution in [2.24, 2.45) is 0 Å². The van der Waals surface area contributed by atoms with Crippen molar-refractivity contribution in [2.75, 3.05) is 18.4 Å². The molecule has 0 radical (unpaired) electrons. The molecule has 138 valence electrons. The molecule has 4 rings (SSSR count). The van der Waals surface area contributed by atoms with Crippen molar-refractivity contribution >= 4 is 28.4 Å². The molecule has 0 bridgehead atoms. The maximum atomic E-state index is 12.9. The number of piperidine rings is 1. The van der Waals surface area contributed by atoms with Crippen molar-refractivity contribution in [3.8, 4) is 0 Å². The van der Waals surface area contributed by atoms with Gasteiger partial charge in [-0.1, -0.05) is 18.2 Å². The third kappa shape index (κ3) is 3.33. The van der Waals surface area contributed by atoms with Gasteiger partial charge in [-0.25, -0.2) is 9.78 Å². The zero-order chi connectivity index (χ0) is 18.8. The first-order valence-corrected chi connectivity index (χ1v) is 8.85. The lowest BCUT2D eigenvalue weighted by atomic mass is 10.1. The number of aromatic nitrogens is 2. The maximum absolute atomic E-state index is 12.9. The third-order valence-corrected chi connectivity index (χ3v) is 4.89. The van der Waals surface area contributed by atoms with Gasteiger partial charge in [0, 0.05) is 43.0 Å². The normalized spacial score (nSPS) is 15.0. The van der Waals surface area contributed by atoms with Gasteiger partial charge in [-0.05, 0) is 31.0 Å². The molecule has 1 aliphatic rings. The number of carbonyl (C=O) groups is 1. The molecule has 0 unspecified atom stereocenters. The number of nitrogens with zero attached hydrogens (tertiary/aromatic N) is 4. The maximum Gasteiger partial charge on any atom is 0.328 e. The zero-order valence-corrected chi connectivity index (χ0v) is 14.6. The summed E-state index contributed by atoms with van der Waals surface area (Å²) in [6, 6.07) is 12.7. The summed E-state index contributed by atoms with van der Waals surface area (Å²) >= 11 is 0. The number of likely N-dealkylation sites (tertiary alicyclic amines) is 1. The lowest BCUT2D eigenvalue weighted by molar-refractivity contribution is -0.384. The van der Waals surface area contributed by atoms with Crippen LogP contribution in [0.4, 0.5) is 16.3 Å². The van der Waals surface area contributed by atoms with Crippen LogP contribution in [0.5, 0.6) is 0 Å². The number of fused-ring (bicyclic) bond motifs is 1. The first kappa shape index (κ1) is 17.0. The van der Waals surface area contributed by atoms with Crippen LogP contribution in [0.3, 0.4) is 0 Å². The average molecular weight is 365 g/mol. The Morgan fingerprint density at radius 3 is 2.70 bits per heavy atom. The fourth-order valence-corrected chi connectivity index (χ4v) is 3.47. The van der Waals surface area contributed by atoms with Crippen LogP contribution in [0.15, 0.2) is 54.9 Å². The zero-order valence-electron chi connectivity index (χ0n) is 14.6. The van der Waals surface area contributed by atoms with Crippen LogP contribution in [-0.4, -0.2) is 44.5 Å². The number of pyridine rings is 1. The molecular weight excluding hydrogens is 346 g/mol. The molecule has 0 spiro atoms. The fraction of sp³-hybridized carbons (Fsp3) is 0.263. The van der Waals surface area contributed by atoms with E-state index >= 15 is 0 Å². The molecule has 0 atom stereocenters. The van der Waals surface area contributed by atoms with Gasteiger partial charge in [-0.2, -0.15) is 0 Å². The second-order valence-corrected chi connectivity index (χ2v) is 6.56. The summed E-state index contributed by atoms with van der Waals surface area (Å²) in [5.41, 5.74) is 0.863. The topological polar surface area (TPSA) is 93.3 Å². The van der Waals surface area contributed by atoms with Gasteiger partial charge in [-0.15, -0.1) is 0 Å². The van der Waals surface area contributed by atoms with E-state index in [-0.39, 0.29) is 23.6 Å². The van der Waals surface area contributed by atoms with E-state index in [9.17, 15) is 14.9 Å². The van der Waals surface area contributed by atoms with Gasteiger partial charge >= 0.3 is 11.7 Å². The largest absolute Gasteiger partial charge is 0.361 e. The highest BCUT2D eigenvalue weighted by molar-refractivity contribution is 5.91. The van der Waals surface area contributed by atoms with Crippen LogP contribution in [-0.2, 0) is 0 Å². The van der Waals surface area contributed by atoms with Crippen LogP contribution in [0.2, 0.25) is 0 Å². The number of nitrogens with one attached hydrogen (secondary N) is 1. The van der Waals surface area contributed by atoms with Crippen molar-refractivity contribution in [3.05, 3.63) is 65.0 Å². The van der Waals surface area contributed by atoms with Crippen LogP contribution in [0.1, 0.15) is 12.8 Å². The Morgan fingerprint density at radius 1 is 1.15 bits per heavy atom. The Hall–Kier alpha value is -3.42. The van der Waals surface area contributed by atoms with Gasteiger partial charge in [0.25, 0.3) is 0 Å². The van der Waals surface area contributed by atoms with Crippen LogP contribution < -0.4 is 5.32 Å². The summed E-state index contributed by atoms with van der Waals surface area (Å²) in [6.07, 6.45) is 4.75. The first-order chi connectivity index (χ1) is 13.1. The Kier molecular flexibility index (Phi) is 4.45. The number of nitro groups is 1. The molecule has 1 fully saturated rings. The molecule has 1 amide bonds. The summed E-state index contributed by atoms with van der Waals surface area (Å²) in [5.74, 6) is 0.281. The molecule has 1 N–H and O–H groups in total. The highest BCUT2D eigenvalue weighted by Crippen LogP contribution is 2.24. The van der Waals surface area contributed by atoms with E-state index in [4.69, 9.17) is 0 Å². The monoisotopic (exact) mass is 365 g/mol. The standard InChI is InChI=1S/C19H19N5O3/c25-19(23-13-7-14-4-1-2-5-16(14)23)22-11-8-15(9-12-22)21-18-17(24(26)27)6-3-10-20-18/h1-7,10,13,15H,8-9,11-12H2,(H,20,21). The summed E-state index contributed by atoms with van der Waals surface area (Å²) < 4.78 is 1.67. The number of benzene rings is 1. The van der Waals surface area contributed by atoms with E-state index in [0.29, 0.717) is 25.9 Å². The van der Waals surface area contributed by atoms with E-state index in [2.05, 4.69) is 10.3 Å². The second kappa shape index (κ2) is 7.06. The molecule has 27 heavy (non-hydrogen) atoms. The van der Waals surface area contributed by atoms with Crippen molar-refractivity contribution in [3.63, 3.8) is 0 Å². The smallest absolute Gasteiger partial charge is 0.328 e. The number of hydrogen-bond acceptors (Lipinski definition) is 5. The molecule has 1 aromatic carbocycles. The van der Waals surface area contributed by atoms with Crippen LogP contribution in [0, 0.1) is 10.1 Å². The van der Waals surface area contributed by atoms with E-state index in [1.165, 1.54) is 12.3 Å². The van der Waals surface area contributed by atoms with E-state index < -0.39 is 4.92 Å². The number of amides is 1. The highest BCUT2D eigenvalue weighted by atomic mass is 16.6. The van der Waals surface area contributed by atoms with Gasteiger partial charge in [-0.3, -0.25) is 14.7 Å². The second-order valence-electron chi connectivity index (χ2n) is 6.56. The molecule has 8 nitrogen and oxygen atoms in total. The first-order valence-electron chi connectivity index (χ1n) is 8.85. The van der Waals surface area contributed by atoms with Crippen molar-refractivity contribution in [1.29, 1.82) is 0 Å². The minimum Gasteiger partial charge on any atom is -0.361 e. The quantitative estimate of drug-likeness (QED) is 0.566. The molecule has 3 aromatic rings. The SMILES string of the molecule is O=C(N1CCC(Nc2ncccc2[N+](=O)[O-])CC1)n1ccc2ccccc21. The van der Waals surface area contributed by atoms with Crippen molar-refractivity contribution < 1.29 is 9.72 Å². The molecular formula is C19H19N5O3. The predicted molar refractivity (Wildman–Crippen MR) is 102 cm³/mol. The fourth-order valence-electron chi connectivity index (χ4n) is 3.47. The predicted octanol–water partition coefficient (Wildman–Crippen LogP) is 3.49. The van der Waals surface area contributed by atoms with Crippen molar-refractivity contribution in [1.82, 2.24) is 14.5 Å². The van der Waals surface area contributed by atoms with E-state index in [1.54, 1.807) is 16.8 Å². The Labute approximate surface area is 155 Å². The number of para-hydroxylation sites is 1. The number of carbonyl (C=O) groups excluding carboxylic acids is 1. The minimum atomic E-state index is -0.439. The number of rotatable bonds is 3. The molecule has 3 heterocycles. The number of anilines is 1. The van der Waals surface area contributed by atoms with Gasteiger partial charge in [0.1, 0.15) is 0 Å². The number of hydrogen-bond donors (Lipinski definition) is 1. The summed E-state index contributed by atoms with van der Waals surface area (Å²) in [4.78, 5) is 29.4. The average Bonchev–Trinajstić information content (AvgIpc) is 3.12. The van der Waals surface area contributed by atoms with E-state index in [1.807, 2.05) is 35.2 Å².